The number of aromatic nitrogens is 4. The first-order valence-electron chi connectivity index (χ1n) is 10.3. The number of hydrogen-bond donors (Lipinski definition) is 2. The second-order valence-electron chi connectivity index (χ2n) is 7.78. The van der Waals surface area contributed by atoms with Crippen LogP contribution in [0.5, 0.6) is 0 Å². The lowest BCUT2D eigenvalue weighted by Gasteiger charge is -2.25. The summed E-state index contributed by atoms with van der Waals surface area (Å²) in [6.45, 7) is 0.968. The van der Waals surface area contributed by atoms with Crippen molar-refractivity contribution in [2.45, 2.75) is 13.5 Å². The first-order valence-corrected chi connectivity index (χ1v) is 10.3. The van der Waals surface area contributed by atoms with Gasteiger partial charge in [-0.3, -0.25) is 19.4 Å². The van der Waals surface area contributed by atoms with Crippen LogP contribution in [0.3, 0.4) is 0 Å². The van der Waals surface area contributed by atoms with Crippen LogP contribution in [0.25, 0.3) is 16.9 Å². The number of hydrazine groups is 1. The van der Waals surface area contributed by atoms with Gasteiger partial charge in [0.1, 0.15) is 12.2 Å². The lowest BCUT2D eigenvalue weighted by molar-refractivity contribution is 0.479. The number of hydrogen-bond acceptors (Lipinski definition) is 8. The van der Waals surface area contributed by atoms with Gasteiger partial charge in [-0.1, -0.05) is 0 Å². The van der Waals surface area contributed by atoms with Gasteiger partial charge in [0.05, 0.1) is 35.0 Å². The molecule has 4 rings (SSSR count). The highest BCUT2D eigenvalue weighted by atomic mass is 19.2. The summed E-state index contributed by atoms with van der Waals surface area (Å²) in [6, 6.07) is 5.06. The molecule has 4 N–H and O–H groups in total. The van der Waals surface area contributed by atoms with E-state index in [1.165, 1.54) is 18.5 Å². The maximum Gasteiger partial charge on any atom is 0.337 e. The van der Waals surface area contributed by atoms with E-state index in [0.717, 1.165) is 10.8 Å². The van der Waals surface area contributed by atoms with Gasteiger partial charge in [0, 0.05) is 30.1 Å². The van der Waals surface area contributed by atoms with Crippen molar-refractivity contribution in [1.82, 2.24) is 19.1 Å². The lowest BCUT2D eigenvalue weighted by atomic mass is 10.1. The van der Waals surface area contributed by atoms with Gasteiger partial charge < -0.3 is 5.73 Å². The van der Waals surface area contributed by atoms with Gasteiger partial charge in [0.2, 0.25) is 5.95 Å². The number of nitrogens with two attached hydrogens (primary N) is 2. The molecule has 0 aliphatic heterocycles. The van der Waals surface area contributed by atoms with Crippen LogP contribution >= 0.6 is 0 Å². The molecular formula is C23H16F4N8O2. The fraction of sp³-hybridized carbons (Fsp3) is 0.0870. The normalized spacial score (nSPS) is 10.8. The number of nitriles is 1. The van der Waals surface area contributed by atoms with Gasteiger partial charge in [-0.15, -0.1) is 0 Å². The highest BCUT2D eigenvalue weighted by Crippen LogP contribution is 2.34. The Hall–Kier alpha value is -5.03. The molecule has 37 heavy (non-hydrogen) atoms. The molecule has 10 nitrogen and oxygen atoms in total. The van der Waals surface area contributed by atoms with Crippen LogP contribution in [0.15, 0.2) is 52.4 Å². The van der Waals surface area contributed by atoms with Crippen molar-refractivity contribution in [3.05, 3.63) is 92.7 Å². The molecule has 0 atom stereocenters. The minimum Gasteiger partial charge on any atom is -0.397 e. The summed E-state index contributed by atoms with van der Waals surface area (Å²) in [6.07, 6.45) is 3.47. The van der Waals surface area contributed by atoms with Crippen LogP contribution < -0.4 is 27.8 Å². The molecule has 0 aliphatic carbocycles. The van der Waals surface area contributed by atoms with Gasteiger partial charge in [-0.25, -0.2) is 33.4 Å². The zero-order chi connectivity index (χ0) is 27.0. The van der Waals surface area contributed by atoms with Gasteiger partial charge in [0.25, 0.3) is 5.56 Å². The molecule has 1 aromatic carbocycles. The number of anilines is 3. The fourth-order valence-corrected chi connectivity index (χ4v) is 3.69. The molecule has 3 aromatic heterocycles. The average Bonchev–Trinajstić information content (AvgIpc) is 2.84. The molecular weight excluding hydrogens is 496 g/mol. The Bertz CT molecular complexity index is 1710. The van der Waals surface area contributed by atoms with Crippen LogP contribution in [-0.4, -0.2) is 19.1 Å². The van der Waals surface area contributed by atoms with Gasteiger partial charge in [0.15, 0.2) is 17.5 Å². The van der Waals surface area contributed by atoms with Crippen molar-refractivity contribution in [2.24, 2.45) is 5.84 Å². The third-order valence-corrected chi connectivity index (χ3v) is 5.31. The summed E-state index contributed by atoms with van der Waals surface area (Å²) in [7, 11) is 0. The largest absolute Gasteiger partial charge is 0.397 e. The summed E-state index contributed by atoms with van der Waals surface area (Å²) in [5.41, 5.74) is 2.05. The van der Waals surface area contributed by atoms with Crippen molar-refractivity contribution in [3.63, 3.8) is 0 Å². The molecule has 0 aliphatic rings. The number of aryl methyl sites for hydroxylation is 1. The Morgan fingerprint density at radius 2 is 1.73 bits per heavy atom. The number of nitrogens with zero attached hydrogens (tertiary/aromatic N) is 6. The Labute approximate surface area is 205 Å². The van der Waals surface area contributed by atoms with E-state index >= 15 is 0 Å². The zero-order valence-electron chi connectivity index (χ0n) is 18.9. The smallest absolute Gasteiger partial charge is 0.337 e. The molecule has 0 unspecified atom stereocenters. The van der Waals surface area contributed by atoms with Crippen molar-refractivity contribution < 1.29 is 17.6 Å². The summed E-state index contributed by atoms with van der Waals surface area (Å²) in [4.78, 5) is 34.5. The molecule has 0 fully saturated rings. The topological polar surface area (TPSA) is 149 Å². The van der Waals surface area contributed by atoms with Gasteiger partial charge in [-0.2, -0.15) is 9.65 Å². The van der Waals surface area contributed by atoms with Crippen LogP contribution in [0.4, 0.5) is 34.6 Å². The minimum atomic E-state index is -1.46. The van der Waals surface area contributed by atoms with Crippen LogP contribution in [-0.2, 0) is 6.54 Å². The molecule has 188 valence electrons. The highest BCUT2D eigenvalue weighted by Gasteiger charge is 2.28. The maximum absolute atomic E-state index is 14.2. The molecule has 0 saturated heterocycles. The first kappa shape index (κ1) is 25.1. The number of benzene rings is 1. The number of rotatable bonds is 5. The molecule has 0 amide bonds. The predicted molar refractivity (Wildman–Crippen MR) is 125 cm³/mol. The van der Waals surface area contributed by atoms with E-state index in [9.17, 15) is 32.4 Å². The van der Waals surface area contributed by atoms with Crippen molar-refractivity contribution in [3.8, 4) is 23.0 Å². The Kier molecular flexibility index (Phi) is 6.47. The van der Waals surface area contributed by atoms with Crippen molar-refractivity contribution in [2.75, 3.05) is 10.7 Å². The average molecular weight is 512 g/mol. The Morgan fingerprint density at radius 1 is 1.03 bits per heavy atom. The number of pyridine rings is 2. The van der Waals surface area contributed by atoms with E-state index < -0.39 is 63.9 Å². The van der Waals surface area contributed by atoms with Gasteiger partial charge in [-0.05, 0) is 24.6 Å². The summed E-state index contributed by atoms with van der Waals surface area (Å²) >= 11 is 0. The fourth-order valence-electron chi connectivity index (χ4n) is 3.69. The van der Waals surface area contributed by atoms with Crippen LogP contribution in [0.2, 0.25) is 0 Å². The SMILES string of the molecule is Cc1cncc(-n2c(=O)c(N(N)c3cc(F)c(F)cc3N)c(-c3cnc(F)c(F)c3)n(CC#N)c2=O)c1. The lowest BCUT2D eigenvalue weighted by Crippen LogP contribution is -2.44. The maximum atomic E-state index is 14.2. The standard InChI is InChI=1S/C23H16F4N8O2/c1-11-4-13(10-31-8-11)34-22(36)20(35(30)18-7-15(25)14(24)6-17(18)29)19(33(3-2-28)23(34)37)12-5-16(26)21(27)32-9-12/h4-10H,3,29-30H2,1H3. The molecule has 3 heterocycles. The molecule has 14 heteroatoms. The monoisotopic (exact) mass is 512 g/mol. The van der Waals surface area contributed by atoms with Crippen LogP contribution in [0, 0.1) is 41.7 Å². The van der Waals surface area contributed by atoms with Crippen molar-refractivity contribution >= 4 is 17.1 Å². The van der Waals surface area contributed by atoms with Crippen LogP contribution in [0.1, 0.15) is 5.56 Å². The summed E-state index contributed by atoms with van der Waals surface area (Å²) < 4.78 is 57.0. The van der Waals surface area contributed by atoms with Gasteiger partial charge >= 0.3 is 5.69 Å². The van der Waals surface area contributed by atoms with E-state index in [2.05, 4.69) is 9.97 Å². The molecule has 0 saturated carbocycles. The van der Waals surface area contributed by atoms with E-state index in [0.29, 0.717) is 33.3 Å². The number of nitrogen functional groups attached to an aromatic ring is 1. The molecule has 4 aromatic rings. The van der Waals surface area contributed by atoms with E-state index in [-0.39, 0.29) is 11.3 Å². The zero-order valence-corrected chi connectivity index (χ0v) is 18.9. The third kappa shape index (κ3) is 4.39. The molecule has 0 spiro atoms. The van der Waals surface area contributed by atoms with E-state index in [1.807, 2.05) is 0 Å². The van der Waals surface area contributed by atoms with E-state index in [1.54, 1.807) is 13.0 Å². The second kappa shape index (κ2) is 9.55. The third-order valence-electron chi connectivity index (χ3n) is 5.31. The van der Waals surface area contributed by atoms with Crippen molar-refractivity contribution in [1.29, 1.82) is 5.26 Å². The van der Waals surface area contributed by atoms with E-state index in [4.69, 9.17) is 11.6 Å². The Balaban J connectivity index is 2.19. The highest BCUT2D eigenvalue weighted by molar-refractivity contribution is 5.82. The first-order chi connectivity index (χ1) is 17.5. The Morgan fingerprint density at radius 3 is 2.38 bits per heavy atom. The minimum absolute atomic E-state index is 0.00967. The number of halogens is 4. The predicted octanol–water partition coefficient (Wildman–Crippen LogP) is 2.44. The molecule has 0 bridgehead atoms. The molecule has 0 radical (unpaired) electrons. The summed E-state index contributed by atoms with van der Waals surface area (Å²) in [5, 5.41) is 9.99. The second-order valence-corrected chi connectivity index (χ2v) is 7.78. The summed E-state index contributed by atoms with van der Waals surface area (Å²) in [5.74, 6) is 0.639. The quantitative estimate of drug-likeness (QED) is 0.136.